The number of benzene rings is 3. The molecule has 2 aliphatic rings. The van der Waals surface area contributed by atoms with E-state index in [-0.39, 0.29) is 32.1 Å². The Hall–Kier alpha value is -5.86. The van der Waals surface area contributed by atoms with E-state index in [0.717, 1.165) is 16.0 Å². The minimum atomic E-state index is -1.55. The first kappa shape index (κ1) is 37.4. The molecule has 52 heavy (non-hydrogen) atoms. The summed E-state index contributed by atoms with van der Waals surface area (Å²) in [6.45, 7) is -0.859. The third-order valence-corrected chi connectivity index (χ3v) is 9.36. The van der Waals surface area contributed by atoms with Crippen LogP contribution in [0, 0.1) is 0 Å². The number of carbonyl (C=O) groups is 6. The Bertz CT molecular complexity index is 1870. The molecule has 14 heteroatoms. The van der Waals surface area contributed by atoms with Gasteiger partial charge in [0.1, 0.15) is 24.2 Å². The van der Waals surface area contributed by atoms with Crippen LogP contribution in [0.25, 0.3) is 11.1 Å². The van der Waals surface area contributed by atoms with Gasteiger partial charge < -0.3 is 36.8 Å². The molecule has 4 atom stereocenters. The standard InChI is InChI=1S/C38H39N5O8S/c44-22-32-37(49)42-31(38(50)51)20-24-10-14-27(15-11-24)39-33(45)16-17-34(46)40-30(21-28-7-4-18-52-28)36(48)41-29(35(47)43-32)19-23-8-12-26(13-9-23)25-5-2-1-3-6-25/h1-15,18,29-32,44H,16-17,19-22H2,(H,39,45)(H,40,46)(H,41,48)(H,42,49)(H,43,47)(H,50,51). The maximum absolute atomic E-state index is 13.9. The van der Waals surface area contributed by atoms with Crippen LogP contribution in [-0.4, -0.2) is 76.5 Å². The lowest BCUT2D eigenvalue weighted by molar-refractivity contribution is -0.142. The van der Waals surface area contributed by atoms with Crippen molar-refractivity contribution in [1.29, 1.82) is 0 Å². The Morgan fingerprint density at radius 2 is 1.27 bits per heavy atom. The van der Waals surface area contributed by atoms with Crippen LogP contribution in [-0.2, 0) is 48.0 Å². The van der Waals surface area contributed by atoms with E-state index >= 15 is 0 Å². The molecule has 0 radical (unpaired) electrons. The number of thiophene rings is 1. The van der Waals surface area contributed by atoms with Crippen molar-refractivity contribution < 1.29 is 39.0 Å². The number of aliphatic hydroxyl groups excluding tert-OH is 1. The van der Waals surface area contributed by atoms with Crippen molar-refractivity contribution in [3.8, 4) is 11.1 Å². The van der Waals surface area contributed by atoms with Gasteiger partial charge in [-0.25, -0.2) is 4.79 Å². The van der Waals surface area contributed by atoms with Crippen molar-refractivity contribution in [3.05, 3.63) is 112 Å². The van der Waals surface area contributed by atoms with Crippen LogP contribution in [0.4, 0.5) is 5.69 Å². The molecule has 2 bridgehead atoms. The summed E-state index contributed by atoms with van der Waals surface area (Å²) in [5.41, 5.74) is 3.51. The maximum Gasteiger partial charge on any atom is 0.326 e. The van der Waals surface area contributed by atoms with Crippen molar-refractivity contribution in [3.63, 3.8) is 0 Å². The van der Waals surface area contributed by atoms with E-state index in [0.29, 0.717) is 16.8 Å². The molecular weight excluding hydrogens is 687 g/mol. The Kier molecular flexibility index (Phi) is 12.9. The van der Waals surface area contributed by atoms with E-state index in [1.165, 1.54) is 11.3 Å². The van der Waals surface area contributed by atoms with Crippen molar-refractivity contribution >= 4 is 52.5 Å². The number of aliphatic hydroxyl groups is 1. The van der Waals surface area contributed by atoms with Gasteiger partial charge >= 0.3 is 5.97 Å². The quantitative estimate of drug-likeness (QED) is 0.141. The molecule has 3 heterocycles. The summed E-state index contributed by atoms with van der Waals surface area (Å²) < 4.78 is 0. The van der Waals surface area contributed by atoms with Gasteiger partial charge in [0.05, 0.1) is 6.61 Å². The first-order valence-electron chi connectivity index (χ1n) is 16.7. The lowest BCUT2D eigenvalue weighted by Crippen LogP contribution is -2.59. The predicted molar refractivity (Wildman–Crippen MR) is 194 cm³/mol. The fourth-order valence-corrected chi connectivity index (χ4v) is 6.39. The summed E-state index contributed by atoms with van der Waals surface area (Å²) in [5.74, 6) is -4.80. The zero-order valence-electron chi connectivity index (χ0n) is 28.0. The number of aliphatic carboxylic acids is 1. The lowest BCUT2D eigenvalue weighted by Gasteiger charge is -2.25. The fourth-order valence-electron chi connectivity index (χ4n) is 5.64. The second-order valence-electron chi connectivity index (χ2n) is 12.3. The summed E-state index contributed by atoms with van der Waals surface area (Å²) in [5, 5.41) is 34.8. The van der Waals surface area contributed by atoms with Gasteiger partial charge in [-0.15, -0.1) is 11.3 Å². The third-order valence-electron chi connectivity index (χ3n) is 8.46. The molecule has 4 unspecified atom stereocenters. The van der Waals surface area contributed by atoms with E-state index in [9.17, 15) is 39.0 Å². The van der Waals surface area contributed by atoms with E-state index in [1.54, 1.807) is 48.5 Å². The number of anilines is 1. The van der Waals surface area contributed by atoms with Crippen LogP contribution in [0.2, 0.25) is 0 Å². The number of amides is 5. The first-order valence-corrected chi connectivity index (χ1v) is 17.6. The summed E-state index contributed by atoms with van der Waals surface area (Å²) >= 11 is 1.38. The molecular formula is C38H39N5O8S. The summed E-state index contributed by atoms with van der Waals surface area (Å²) in [6, 6.07) is 21.5. The molecule has 0 saturated carbocycles. The molecule has 5 amide bonds. The molecule has 2 aliphatic heterocycles. The van der Waals surface area contributed by atoms with Crippen LogP contribution in [0.5, 0.6) is 0 Å². The number of hydrogen-bond donors (Lipinski definition) is 7. The van der Waals surface area contributed by atoms with E-state index in [4.69, 9.17) is 0 Å². The zero-order chi connectivity index (χ0) is 37.0. The van der Waals surface area contributed by atoms with E-state index in [1.807, 2.05) is 47.8 Å². The van der Waals surface area contributed by atoms with Gasteiger partial charge in [-0.3, -0.25) is 24.0 Å². The Balaban J connectivity index is 1.44. The van der Waals surface area contributed by atoms with Crippen LogP contribution < -0.4 is 26.6 Å². The monoisotopic (exact) mass is 725 g/mol. The number of carboxylic acids is 1. The molecule has 0 saturated heterocycles. The minimum absolute atomic E-state index is 0.0280. The molecule has 6 rings (SSSR count). The van der Waals surface area contributed by atoms with Gasteiger partial charge in [0.15, 0.2) is 0 Å². The van der Waals surface area contributed by atoms with Gasteiger partial charge in [0.2, 0.25) is 29.5 Å². The van der Waals surface area contributed by atoms with E-state index < -0.39 is 66.3 Å². The smallest absolute Gasteiger partial charge is 0.326 e. The van der Waals surface area contributed by atoms with Crippen LogP contribution in [0.1, 0.15) is 28.8 Å². The first-order chi connectivity index (χ1) is 25.1. The van der Waals surface area contributed by atoms with Crippen LogP contribution >= 0.6 is 11.3 Å². The number of nitrogens with one attached hydrogen (secondary N) is 5. The highest BCUT2D eigenvalue weighted by Crippen LogP contribution is 2.20. The van der Waals surface area contributed by atoms with Crippen molar-refractivity contribution in [2.24, 2.45) is 0 Å². The molecule has 1 aromatic heterocycles. The van der Waals surface area contributed by atoms with E-state index in [2.05, 4.69) is 26.6 Å². The zero-order valence-corrected chi connectivity index (χ0v) is 28.9. The fraction of sp³-hybridized carbons (Fsp3) is 0.263. The van der Waals surface area contributed by atoms with Gasteiger partial charge in [0, 0.05) is 42.7 Å². The summed E-state index contributed by atoms with van der Waals surface area (Å²) in [4.78, 5) is 79.6. The number of hydrogen-bond acceptors (Lipinski definition) is 8. The highest BCUT2D eigenvalue weighted by Gasteiger charge is 2.32. The second-order valence-corrected chi connectivity index (χ2v) is 13.4. The topological polar surface area (TPSA) is 203 Å². The SMILES string of the molecule is O=C1CCC(=O)NC(Cc2cccs2)C(=O)NC(Cc2ccc(-c3ccccc3)cc2)C(=O)NC(CO)C(=O)NC(C(=O)O)Cc2ccc(cc2)N1. The van der Waals surface area contributed by atoms with Gasteiger partial charge in [-0.05, 0) is 45.8 Å². The highest BCUT2D eigenvalue weighted by atomic mass is 32.1. The second kappa shape index (κ2) is 17.9. The van der Waals surface area contributed by atoms with Gasteiger partial charge in [-0.2, -0.15) is 0 Å². The average Bonchev–Trinajstić information content (AvgIpc) is 3.66. The highest BCUT2D eigenvalue weighted by molar-refractivity contribution is 7.09. The molecule has 7 N–H and O–H groups in total. The Morgan fingerprint density at radius 1 is 0.654 bits per heavy atom. The molecule has 4 aromatic rings. The molecule has 270 valence electrons. The molecule has 0 spiro atoms. The molecule has 0 aliphatic carbocycles. The molecule has 3 aromatic carbocycles. The third kappa shape index (κ3) is 10.6. The number of rotatable bonds is 7. The number of carboxylic acid groups (broad SMARTS) is 1. The normalized spacial score (nSPS) is 20.8. The predicted octanol–water partition coefficient (Wildman–Crippen LogP) is 2.19. The minimum Gasteiger partial charge on any atom is -0.480 e. The van der Waals surface area contributed by atoms with Crippen LogP contribution in [0.15, 0.2) is 96.4 Å². The molecule has 13 nitrogen and oxygen atoms in total. The number of carbonyl (C=O) groups excluding carboxylic acids is 5. The van der Waals surface area contributed by atoms with Crippen molar-refractivity contribution in [1.82, 2.24) is 21.3 Å². The number of fused-ring (bicyclic) bond motifs is 18. The molecule has 0 fully saturated rings. The largest absolute Gasteiger partial charge is 0.480 e. The summed E-state index contributed by atoms with van der Waals surface area (Å²) in [7, 11) is 0. The van der Waals surface area contributed by atoms with Crippen LogP contribution in [0.3, 0.4) is 0 Å². The Morgan fingerprint density at radius 3 is 1.90 bits per heavy atom. The van der Waals surface area contributed by atoms with Crippen molar-refractivity contribution in [2.75, 3.05) is 11.9 Å². The van der Waals surface area contributed by atoms with Gasteiger partial charge in [0.25, 0.3) is 0 Å². The van der Waals surface area contributed by atoms with Crippen molar-refractivity contribution in [2.45, 2.75) is 56.3 Å². The summed E-state index contributed by atoms with van der Waals surface area (Å²) in [6.07, 6.45) is -0.459. The maximum atomic E-state index is 13.9. The average molecular weight is 726 g/mol. The lowest BCUT2D eigenvalue weighted by atomic mass is 9.99. The Labute approximate surface area is 303 Å². The van der Waals surface area contributed by atoms with Gasteiger partial charge in [-0.1, -0.05) is 72.8 Å².